The Balaban J connectivity index is 2.06. The summed E-state index contributed by atoms with van der Waals surface area (Å²) in [7, 11) is -0.647. The van der Waals surface area contributed by atoms with Crippen molar-refractivity contribution in [1.82, 2.24) is 9.62 Å². The molecule has 1 fully saturated rings. The monoisotopic (exact) mass is 362 g/mol. The van der Waals surface area contributed by atoms with Crippen molar-refractivity contribution in [3.05, 3.63) is 54.1 Å². The van der Waals surface area contributed by atoms with Gasteiger partial charge in [0.15, 0.2) is 0 Å². The van der Waals surface area contributed by atoms with Gasteiger partial charge in [0.05, 0.1) is 20.3 Å². The van der Waals surface area contributed by atoms with Crippen LogP contribution >= 0.6 is 0 Å². The highest BCUT2D eigenvalue weighted by molar-refractivity contribution is 7.89. The van der Waals surface area contributed by atoms with Crippen molar-refractivity contribution in [2.24, 2.45) is 0 Å². The average Bonchev–Trinajstić information content (AvgIpc) is 2.67. The molecule has 2 aromatic rings. The van der Waals surface area contributed by atoms with Gasteiger partial charge in [-0.1, -0.05) is 30.3 Å². The van der Waals surface area contributed by atoms with Gasteiger partial charge in [-0.3, -0.25) is 0 Å². The molecule has 7 heteroatoms. The lowest BCUT2D eigenvalue weighted by molar-refractivity contribution is 0.263. The van der Waals surface area contributed by atoms with E-state index in [-0.39, 0.29) is 10.9 Å². The Morgan fingerprint density at radius 3 is 2.36 bits per heavy atom. The summed E-state index contributed by atoms with van der Waals surface area (Å²) in [5.41, 5.74) is 0.843. The highest BCUT2D eigenvalue weighted by Gasteiger charge is 2.37. The van der Waals surface area contributed by atoms with Crippen LogP contribution in [-0.4, -0.2) is 46.6 Å². The van der Waals surface area contributed by atoms with Crippen molar-refractivity contribution < 1.29 is 17.9 Å². The molecule has 2 aromatic carbocycles. The van der Waals surface area contributed by atoms with Crippen molar-refractivity contribution in [2.75, 3.05) is 33.9 Å². The van der Waals surface area contributed by atoms with E-state index in [2.05, 4.69) is 5.32 Å². The van der Waals surface area contributed by atoms with E-state index in [1.54, 1.807) is 31.4 Å². The molecule has 3 rings (SSSR count). The molecule has 0 aromatic heterocycles. The fourth-order valence-electron chi connectivity index (χ4n) is 3.14. The molecule has 1 heterocycles. The molecule has 0 bridgehead atoms. The summed E-state index contributed by atoms with van der Waals surface area (Å²) in [5, 5.41) is 3.27. The molecule has 1 unspecified atom stereocenters. The summed E-state index contributed by atoms with van der Waals surface area (Å²) >= 11 is 0. The number of methoxy groups -OCH3 is 2. The molecule has 1 atom stereocenters. The van der Waals surface area contributed by atoms with Crippen LogP contribution in [0.25, 0.3) is 0 Å². The largest absolute Gasteiger partial charge is 0.496 e. The smallest absolute Gasteiger partial charge is 0.247 e. The van der Waals surface area contributed by atoms with Crippen LogP contribution < -0.4 is 14.8 Å². The Morgan fingerprint density at radius 2 is 1.64 bits per heavy atom. The second kappa shape index (κ2) is 7.43. The maximum Gasteiger partial charge on any atom is 0.247 e. The van der Waals surface area contributed by atoms with Crippen LogP contribution in [0.15, 0.2) is 53.4 Å². The number of para-hydroxylation sites is 2. The summed E-state index contributed by atoms with van der Waals surface area (Å²) in [6.45, 7) is 1.50. The molecular weight excluding hydrogens is 340 g/mol. The van der Waals surface area contributed by atoms with Crippen molar-refractivity contribution in [3.8, 4) is 11.5 Å². The van der Waals surface area contributed by atoms with Gasteiger partial charge in [-0.2, -0.15) is 4.31 Å². The summed E-state index contributed by atoms with van der Waals surface area (Å²) in [6.07, 6.45) is 0. The summed E-state index contributed by atoms with van der Waals surface area (Å²) in [6, 6.07) is 13.9. The Hall–Kier alpha value is -2.09. The lowest BCUT2D eigenvalue weighted by atomic mass is 10.0. The van der Waals surface area contributed by atoms with E-state index in [1.807, 2.05) is 24.3 Å². The molecule has 1 aliphatic heterocycles. The average molecular weight is 362 g/mol. The highest BCUT2D eigenvalue weighted by atomic mass is 32.2. The van der Waals surface area contributed by atoms with Gasteiger partial charge in [0, 0.05) is 25.2 Å². The molecule has 0 radical (unpaired) electrons. The van der Waals surface area contributed by atoms with Crippen LogP contribution in [-0.2, 0) is 10.0 Å². The molecule has 0 amide bonds. The number of ether oxygens (including phenoxy) is 2. The molecule has 1 saturated heterocycles. The van der Waals surface area contributed by atoms with Gasteiger partial charge < -0.3 is 14.8 Å². The predicted octanol–water partition coefficient (Wildman–Crippen LogP) is 2.04. The maximum atomic E-state index is 13.3. The first-order chi connectivity index (χ1) is 12.1. The van der Waals surface area contributed by atoms with E-state index in [4.69, 9.17) is 9.47 Å². The van der Waals surface area contributed by atoms with Crippen molar-refractivity contribution in [2.45, 2.75) is 10.9 Å². The van der Waals surface area contributed by atoms with E-state index in [9.17, 15) is 8.42 Å². The molecule has 0 saturated carbocycles. The van der Waals surface area contributed by atoms with Gasteiger partial charge >= 0.3 is 0 Å². The van der Waals surface area contributed by atoms with Crippen LogP contribution in [0.2, 0.25) is 0 Å². The second-order valence-corrected chi connectivity index (χ2v) is 7.59. The predicted molar refractivity (Wildman–Crippen MR) is 95.5 cm³/mol. The van der Waals surface area contributed by atoms with E-state index in [0.717, 1.165) is 5.56 Å². The highest BCUT2D eigenvalue weighted by Crippen LogP contribution is 2.36. The Bertz CT molecular complexity index is 838. The van der Waals surface area contributed by atoms with Crippen LogP contribution in [0.5, 0.6) is 11.5 Å². The molecule has 134 valence electrons. The summed E-state index contributed by atoms with van der Waals surface area (Å²) in [4.78, 5) is 0.180. The SMILES string of the molecule is COc1ccccc1C1CNCCN1S(=O)(=O)c1ccccc1OC. The lowest BCUT2D eigenvalue weighted by Gasteiger charge is -2.36. The topological polar surface area (TPSA) is 67.9 Å². The Labute approximate surface area is 148 Å². The first kappa shape index (κ1) is 17.7. The number of sulfonamides is 1. The summed E-state index contributed by atoms with van der Waals surface area (Å²) in [5.74, 6) is 1.02. The van der Waals surface area contributed by atoms with Crippen LogP contribution in [0, 0.1) is 0 Å². The first-order valence-corrected chi connectivity index (χ1v) is 9.52. The number of nitrogens with zero attached hydrogens (tertiary/aromatic N) is 1. The van der Waals surface area contributed by atoms with Gasteiger partial charge in [0.2, 0.25) is 10.0 Å². The molecule has 25 heavy (non-hydrogen) atoms. The molecule has 6 nitrogen and oxygen atoms in total. The number of benzene rings is 2. The number of hydrogen-bond acceptors (Lipinski definition) is 5. The van der Waals surface area contributed by atoms with Gasteiger partial charge in [0.25, 0.3) is 0 Å². The fourth-order valence-corrected chi connectivity index (χ4v) is 4.90. The zero-order valence-electron chi connectivity index (χ0n) is 14.3. The third-order valence-electron chi connectivity index (χ3n) is 4.35. The van der Waals surface area contributed by atoms with Gasteiger partial charge in [0.1, 0.15) is 16.4 Å². The minimum atomic E-state index is -3.71. The molecule has 0 aliphatic carbocycles. The van der Waals surface area contributed by atoms with Crippen LogP contribution in [0.1, 0.15) is 11.6 Å². The quantitative estimate of drug-likeness (QED) is 0.882. The first-order valence-electron chi connectivity index (χ1n) is 8.08. The van der Waals surface area contributed by atoms with Crippen LogP contribution in [0.3, 0.4) is 0 Å². The summed E-state index contributed by atoms with van der Waals surface area (Å²) < 4.78 is 38.9. The lowest BCUT2D eigenvalue weighted by Crippen LogP contribution is -2.48. The second-order valence-electron chi connectivity index (χ2n) is 5.73. The van der Waals surface area contributed by atoms with E-state index in [1.165, 1.54) is 11.4 Å². The minimum absolute atomic E-state index is 0.180. The van der Waals surface area contributed by atoms with Gasteiger partial charge in [-0.05, 0) is 18.2 Å². The number of rotatable bonds is 5. The zero-order valence-corrected chi connectivity index (χ0v) is 15.1. The third kappa shape index (κ3) is 3.35. The van der Waals surface area contributed by atoms with Crippen LogP contribution in [0.4, 0.5) is 0 Å². The van der Waals surface area contributed by atoms with E-state index >= 15 is 0 Å². The normalized spacial score (nSPS) is 18.7. The number of nitrogens with one attached hydrogen (secondary N) is 1. The number of hydrogen-bond donors (Lipinski definition) is 1. The molecule has 1 N–H and O–H groups in total. The molecule has 1 aliphatic rings. The number of piperazine rings is 1. The Morgan fingerprint density at radius 1 is 1.00 bits per heavy atom. The third-order valence-corrected chi connectivity index (χ3v) is 6.30. The standard InChI is InChI=1S/C18H22N2O4S/c1-23-16-8-4-3-7-14(16)15-13-19-11-12-20(15)25(21,22)18-10-6-5-9-17(18)24-2/h3-10,15,19H,11-13H2,1-2H3. The van der Waals surface area contributed by atoms with Gasteiger partial charge in [-0.25, -0.2) is 8.42 Å². The van der Waals surface area contributed by atoms with Crippen molar-refractivity contribution in [3.63, 3.8) is 0 Å². The molecule has 0 spiro atoms. The maximum absolute atomic E-state index is 13.3. The Kier molecular flexibility index (Phi) is 5.27. The fraction of sp³-hybridized carbons (Fsp3) is 0.333. The van der Waals surface area contributed by atoms with Gasteiger partial charge in [-0.15, -0.1) is 0 Å². The van der Waals surface area contributed by atoms with Crippen molar-refractivity contribution in [1.29, 1.82) is 0 Å². The molecular formula is C18H22N2O4S. The van der Waals surface area contributed by atoms with E-state index < -0.39 is 10.0 Å². The van der Waals surface area contributed by atoms with Crippen molar-refractivity contribution >= 4 is 10.0 Å². The minimum Gasteiger partial charge on any atom is -0.496 e. The zero-order chi connectivity index (χ0) is 17.9. The van der Waals surface area contributed by atoms with E-state index in [0.29, 0.717) is 31.1 Å².